The molecule has 0 saturated carbocycles. The highest BCUT2D eigenvalue weighted by Gasteiger charge is 2.14. The molecule has 0 heterocycles. The summed E-state index contributed by atoms with van der Waals surface area (Å²) in [5.41, 5.74) is 0.739. The number of carboxylic acids is 1. The van der Waals surface area contributed by atoms with Crippen molar-refractivity contribution in [1.82, 2.24) is 0 Å². The number of hydrogen-bond acceptors (Lipinski definition) is 3. The van der Waals surface area contributed by atoms with Crippen LogP contribution in [0.2, 0.25) is 5.02 Å². The Morgan fingerprint density at radius 3 is 2.60 bits per heavy atom. The first-order chi connectivity index (χ1) is 7.10. The number of hydrogen-bond donors (Lipinski definition) is 1. The van der Waals surface area contributed by atoms with Gasteiger partial charge in [-0.1, -0.05) is 11.6 Å². The summed E-state index contributed by atoms with van der Waals surface area (Å²) in [7, 11) is 2.94. The molecule has 15 heavy (non-hydrogen) atoms. The van der Waals surface area contributed by atoms with E-state index in [0.29, 0.717) is 17.2 Å². The molecular formula is C10H11ClO4. The van der Waals surface area contributed by atoms with Crippen LogP contribution < -0.4 is 4.74 Å². The largest absolute Gasteiger partial charge is 0.496 e. The zero-order valence-electron chi connectivity index (χ0n) is 8.41. The maximum absolute atomic E-state index is 10.8. The Morgan fingerprint density at radius 1 is 1.47 bits per heavy atom. The number of carbonyl (C=O) groups is 1. The third kappa shape index (κ3) is 2.61. The quantitative estimate of drug-likeness (QED) is 0.862. The molecule has 0 aliphatic carbocycles. The first kappa shape index (κ1) is 11.8. The lowest BCUT2D eigenvalue weighted by Gasteiger charge is -2.09. The lowest BCUT2D eigenvalue weighted by molar-refractivity contribution is 0.0693. The van der Waals surface area contributed by atoms with Crippen LogP contribution >= 0.6 is 11.6 Å². The van der Waals surface area contributed by atoms with Crippen molar-refractivity contribution in [3.8, 4) is 5.75 Å². The maximum atomic E-state index is 10.8. The maximum Gasteiger partial charge on any atom is 0.339 e. The van der Waals surface area contributed by atoms with E-state index in [4.69, 9.17) is 26.2 Å². The molecule has 0 aliphatic heterocycles. The number of ether oxygens (including phenoxy) is 2. The molecule has 0 radical (unpaired) electrons. The van der Waals surface area contributed by atoms with E-state index in [1.54, 1.807) is 6.07 Å². The van der Waals surface area contributed by atoms with Crippen LogP contribution in [-0.4, -0.2) is 25.3 Å². The molecule has 0 fully saturated rings. The number of aromatic carboxylic acids is 1. The minimum absolute atomic E-state index is 0.0438. The number of halogens is 1. The number of rotatable bonds is 4. The van der Waals surface area contributed by atoms with Gasteiger partial charge >= 0.3 is 5.97 Å². The monoisotopic (exact) mass is 230 g/mol. The van der Waals surface area contributed by atoms with Crippen LogP contribution in [0.15, 0.2) is 12.1 Å². The van der Waals surface area contributed by atoms with E-state index in [1.165, 1.54) is 20.3 Å². The van der Waals surface area contributed by atoms with E-state index in [2.05, 4.69) is 0 Å². The second-order valence-corrected chi connectivity index (χ2v) is 3.29. The first-order valence-electron chi connectivity index (χ1n) is 4.18. The number of carboxylic acid groups (broad SMARTS) is 1. The van der Waals surface area contributed by atoms with Crippen LogP contribution in [0.4, 0.5) is 0 Å². The normalized spacial score (nSPS) is 10.1. The highest BCUT2D eigenvalue weighted by Crippen LogP contribution is 2.27. The van der Waals surface area contributed by atoms with Gasteiger partial charge in [0, 0.05) is 17.7 Å². The van der Waals surface area contributed by atoms with Crippen LogP contribution in [-0.2, 0) is 11.3 Å². The van der Waals surface area contributed by atoms with E-state index in [9.17, 15) is 4.79 Å². The van der Waals surface area contributed by atoms with Crippen molar-refractivity contribution >= 4 is 17.6 Å². The van der Waals surface area contributed by atoms with Gasteiger partial charge in [0.25, 0.3) is 0 Å². The predicted molar refractivity (Wildman–Crippen MR) is 55.7 cm³/mol. The van der Waals surface area contributed by atoms with E-state index in [-0.39, 0.29) is 11.3 Å². The average Bonchev–Trinajstić information content (AvgIpc) is 2.20. The van der Waals surface area contributed by atoms with Gasteiger partial charge in [-0.15, -0.1) is 0 Å². The summed E-state index contributed by atoms with van der Waals surface area (Å²) in [6.45, 7) is 0.315. The van der Waals surface area contributed by atoms with Gasteiger partial charge in [0.2, 0.25) is 0 Å². The molecule has 0 aliphatic rings. The Hall–Kier alpha value is -1.26. The van der Waals surface area contributed by atoms with Crippen molar-refractivity contribution in [3.05, 3.63) is 28.3 Å². The highest BCUT2D eigenvalue weighted by atomic mass is 35.5. The molecule has 0 bridgehead atoms. The van der Waals surface area contributed by atoms with Crippen LogP contribution in [0.5, 0.6) is 5.75 Å². The molecular weight excluding hydrogens is 220 g/mol. The van der Waals surface area contributed by atoms with Gasteiger partial charge in [-0.25, -0.2) is 4.79 Å². The van der Waals surface area contributed by atoms with E-state index < -0.39 is 5.97 Å². The molecule has 0 amide bonds. The van der Waals surface area contributed by atoms with E-state index in [0.717, 1.165) is 0 Å². The van der Waals surface area contributed by atoms with Crippen molar-refractivity contribution in [1.29, 1.82) is 0 Å². The smallest absolute Gasteiger partial charge is 0.339 e. The molecule has 0 spiro atoms. The summed E-state index contributed by atoms with van der Waals surface area (Å²) in [5.74, 6) is -0.795. The summed E-state index contributed by atoms with van der Waals surface area (Å²) in [4.78, 5) is 10.8. The standard InChI is InChI=1S/C10H11ClO4/c1-14-5-6-3-9(15-2)7(10(12)13)4-8(6)11/h3-4H,5H2,1-2H3,(H,12,13). The third-order valence-electron chi connectivity index (χ3n) is 1.90. The Balaban J connectivity index is 3.22. The molecule has 1 aromatic carbocycles. The van der Waals surface area contributed by atoms with Gasteiger partial charge in [-0.05, 0) is 12.1 Å². The minimum Gasteiger partial charge on any atom is -0.496 e. The SMILES string of the molecule is COCc1cc(OC)c(C(=O)O)cc1Cl. The van der Waals surface area contributed by atoms with Gasteiger partial charge in [0.05, 0.1) is 13.7 Å². The molecule has 0 atom stereocenters. The topological polar surface area (TPSA) is 55.8 Å². The molecule has 4 nitrogen and oxygen atoms in total. The fourth-order valence-electron chi connectivity index (χ4n) is 1.20. The van der Waals surface area contributed by atoms with E-state index >= 15 is 0 Å². The van der Waals surface area contributed by atoms with Gasteiger partial charge in [-0.2, -0.15) is 0 Å². The number of methoxy groups -OCH3 is 2. The fraction of sp³-hybridized carbons (Fsp3) is 0.300. The zero-order chi connectivity index (χ0) is 11.4. The van der Waals surface area contributed by atoms with Gasteiger partial charge < -0.3 is 14.6 Å². The summed E-state index contributed by atoms with van der Waals surface area (Å²) in [5, 5.41) is 9.23. The van der Waals surface area contributed by atoms with Crippen molar-refractivity contribution < 1.29 is 19.4 Å². The molecule has 5 heteroatoms. The molecule has 1 aromatic rings. The second kappa shape index (κ2) is 5.00. The molecule has 0 saturated heterocycles. The van der Waals surface area contributed by atoms with Crippen LogP contribution in [0, 0.1) is 0 Å². The van der Waals surface area contributed by atoms with Crippen molar-refractivity contribution in [2.75, 3.05) is 14.2 Å². The summed E-state index contributed by atoms with van der Waals surface area (Å²) < 4.78 is 9.87. The van der Waals surface area contributed by atoms with Crippen LogP contribution in [0.25, 0.3) is 0 Å². The predicted octanol–water partition coefficient (Wildman–Crippen LogP) is 2.19. The summed E-state index contributed by atoms with van der Waals surface area (Å²) in [6.07, 6.45) is 0. The Labute approximate surface area is 92.4 Å². The minimum atomic E-state index is -1.07. The molecule has 1 N–H and O–H groups in total. The van der Waals surface area contributed by atoms with E-state index in [1.807, 2.05) is 0 Å². The van der Waals surface area contributed by atoms with Gasteiger partial charge in [-0.3, -0.25) is 0 Å². The van der Waals surface area contributed by atoms with Crippen LogP contribution in [0.1, 0.15) is 15.9 Å². The zero-order valence-corrected chi connectivity index (χ0v) is 9.17. The second-order valence-electron chi connectivity index (χ2n) is 2.88. The van der Waals surface area contributed by atoms with Crippen molar-refractivity contribution in [3.63, 3.8) is 0 Å². The average molecular weight is 231 g/mol. The first-order valence-corrected chi connectivity index (χ1v) is 4.56. The summed E-state index contributed by atoms with van der Waals surface area (Å²) in [6, 6.07) is 2.92. The van der Waals surface area contributed by atoms with Crippen molar-refractivity contribution in [2.45, 2.75) is 6.61 Å². The Kier molecular flexibility index (Phi) is 3.94. The summed E-state index contributed by atoms with van der Waals surface area (Å²) >= 11 is 5.88. The molecule has 0 aromatic heterocycles. The lowest BCUT2D eigenvalue weighted by atomic mass is 10.1. The fourth-order valence-corrected chi connectivity index (χ4v) is 1.42. The van der Waals surface area contributed by atoms with Gasteiger partial charge in [0.1, 0.15) is 11.3 Å². The molecule has 1 rings (SSSR count). The van der Waals surface area contributed by atoms with Crippen LogP contribution in [0.3, 0.4) is 0 Å². The Morgan fingerprint density at radius 2 is 2.13 bits per heavy atom. The number of benzene rings is 1. The van der Waals surface area contributed by atoms with Crippen molar-refractivity contribution in [2.24, 2.45) is 0 Å². The third-order valence-corrected chi connectivity index (χ3v) is 2.25. The van der Waals surface area contributed by atoms with Gasteiger partial charge in [0.15, 0.2) is 0 Å². The lowest BCUT2D eigenvalue weighted by Crippen LogP contribution is -2.02. The highest BCUT2D eigenvalue weighted by molar-refractivity contribution is 6.31. The molecule has 0 unspecified atom stereocenters. The molecule has 82 valence electrons. The Bertz CT molecular complexity index is 376.